The summed E-state index contributed by atoms with van der Waals surface area (Å²) in [4.78, 5) is 14.8. The predicted molar refractivity (Wildman–Crippen MR) is 58.7 cm³/mol. The molecule has 0 bridgehead atoms. The fourth-order valence-corrected chi connectivity index (χ4v) is 1.77. The van der Waals surface area contributed by atoms with Crippen LogP contribution in [0.2, 0.25) is 0 Å². The van der Waals surface area contributed by atoms with Crippen LogP contribution in [0.15, 0.2) is 18.3 Å². The first kappa shape index (κ1) is 13.6. The number of carboxylic acid groups (broad SMARTS) is 1. The van der Waals surface area contributed by atoms with Crippen molar-refractivity contribution in [1.82, 2.24) is 4.98 Å². The van der Waals surface area contributed by atoms with E-state index in [9.17, 15) is 18.0 Å². The molecule has 0 radical (unpaired) electrons. The van der Waals surface area contributed by atoms with Crippen LogP contribution in [-0.2, 0) is 15.7 Å². The Bertz CT molecular complexity index is 467. The summed E-state index contributed by atoms with van der Waals surface area (Å²) in [5.74, 6) is -1.05. The number of nitrogens with zero attached hydrogens (tertiary/aromatic N) is 1. The molecular formula is C11H11F3N2O3. The number of hydrogen-bond acceptors (Lipinski definition) is 4. The van der Waals surface area contributed by atoms with E-state index in [-0.39, 0.29) is 25.5 Å². The van der Waals surface area contributed by atoms with Crippen molar-refractivity contribution in [2.45, 2.75) is 18.1 Å². The van der Waals surface area contributed by atoms with Crippen molar-refractivity contribution in [3.8, 4) is 0 Å². The molecule has 0 aromatic carbocycles. The van der Waals surface area contributed by atoms with Crippen LogP contribution in [0.3, 0.4) is 0 Å². The number of aliphatic carboxylic acids is 1. The molecule has 19 heavy (non-hydrogen) atoms. The van der Waals surface area contributed by atoms with Gasteiger partial charge in [-0.3, -0.25) is 0 Å². The Kier molecular flexibility index (Phi) is 3.36. The fraction of sp³-hybridized carbons (Fsp3) is 0.455. The molecule has 0 aliphatic carbocycles. The highest BCUT2D eigenvalue weighted by Gasteiger charge is 2.43. The topological polar surface area (TPSA) is 71.5 Å². The van der Waals surface area contributed by atoms with Crippen molar-refractivity contribution in [3.63, 3.8) is 0 Å². The summed E-state index contributed by atoms with van der Waals surface area (Å²) in [6.45, 7) is 0.227. The lowest BCUT2D eigenvalue weighted by molar-refractivity contribution is -0.142. The van der Waals surface area contributed by atoms with Crippen LogP contribution in [0.5, 0.6) is 0 Å². The molecule has 0 amide bonds. The standard InChI is InChI=1S/C11H11F3N2O3/c12-11(13,14)7-1-2-8(15-5-7)16-10(9(17)18)3-4-19-6-10/h1-2,5H,3-4,6H2,(H,15,16)(H,17,18). The summed E-state index contributed by atoms with van der Waals surface area (Å²) in [6.07, 6.45) is -3.58. The number of ether oxygens (including phenoxy) is 1. The molecule has 2 rings (SSSR count). The first-order valence-corrected chi connectivity index (χ1v) is 5.46. The first-order chi connectivity index (χ1) is 8.83. The van der Waals surface area contributed by atoms with Gasteiger partial charge in [-0.25, -0.2) is 9.78 Å². The number of carbonyl (C=O) groups is 1. The van der Waals surface area contributed by atoms with Gasteiger partial charge < -0.3 is 15.2 Å². The highest BCUT2D eigenvalue weighted by atomic mass is 19.4. The van der Waals surface area contributed by atoms with Crippen molar-refractivity contribution < 1.29 is 27.8 Å². The summed E-state index contributed by atoms with van der Waals surface area (Å²) in [5, 5.41) is 11.8. The molecule has 5 nitrogen and oxygen atoms in total. The van der Waals surface area contributed by atoms with Crippen LogP contribution in [0.1, 0.15) is 12.0 Å². The molecule has 1 unspecified atom stereocenters. The van der Waals surface area contributed by atoms with E-state index in [2.05, 4.69) is 10.3 Å². The second-order valence-electron chi connectivity index (χ2n) is 4.24. The minimum absolute atomic E-state index is 0.0506. The number of alkyl halides is 3. The molecule has 1 atom stereocenters. The average Bonchev–Trinajstić information content (AvgIpc) is 2.78. The second kappa shape index (κ2) is 4.69. The van der Waals surface area contributed by atoms with Crippen LogP contribution in [0.4, 0.5) is 19.0 Å². The zero-order chi connectivity index (χ0) is 14.1. The molecular weight excluding hydrogens is 265 g/mol. The SMILES string of the molecule is O=C(O)C1(Nc2ccc(C(F)(F)F)cn2)CCOC1. The largest absolute Gasteiger partial charge is 0.479 e. The highest BCUT2D eigenvalue weighted by Crippen LogP contribution is 2.30. The summed E-state index contributed by atoms with van der Waals surface area (Å²) in [5.41, 5.74) is -2.21. The predicted octanol–water partition coefficient (Wildman–Crippen LogP) is 1.76. The number of rotatable bonds is 3. The van der Waals surface area contributed by atoms with E-state index in [0.717, 1.165) is 12.1 Å². The van der Waals surface area contributed by atoms with Gasteiger partial charge in [-0.1, -0.05) is 0 Å². The van der Waals surface area contributed by atoms with Gasteiger partial charge in [0.05, 0.1) is 12.2 Å². The lowest BCUT2D eigenvalue weighted by Crippen LogP contribution is -2.47. The molecule has 104 valence electrons. The summed E-state index contributed by atoms with van der Waals surface area (Å²) in [6, 6.07) is 1.95. The van der Waals surface area contributed by atoms with E-state index in [1.165, 1.54) is 0 Å². The molecule has 1 fully saturated rings. The summed E-state index contributed by atoms with van der Waals surface area (Å²) >= 11 is 0. The lowest BCUT2D eigenvalue weighted by atomic mass is 9.99. The van der Waals surface area contributed by atoms with E-state index >= 15 is 0 Å². The molecule has 1 aliphatic rings. The Labute approximate surface area is 106 Å². The number of aromatic nitrogens is 1. The van der Waals surface area contributed by atoms with Crippen molar-refractivity contribution in [2.75, 3.05) is 18.5 Å². The van der Waals surface area contributed by atoms with Gasteiger partial charge in [0, 0.05) is 19.2 Å². The van der Waals surface area contributed by atoms with Crippen molar-refractivity contribution in [2.24, 2.45) is 0 Å². The normalized spacial score (nSPS) is 23.3. The van der Waals surface area contributed by atoms with E-state index in [1.54, 1.807) is 0 Å². The molecule has 8 heteroatoms. The minimum Gasteiger partial charge on any atom is -0.479 e. The first-order valence-electron chi connectivity index (χ1n) is 5.46. The van der Waals surface area contributed by atoms with Gasteiger partial charge in [0.15, 0.2) is 5.54 Å². The maximum absolute atomic E-state index is 12.4. The minimum atomic E-state index is -4.47. The third kappa shape index (κ3) is 2.78. The average molecular weight is 276 g/mol. The highest BCUT2D eigenvalue weighted by molar-refractivity contribution is 5.83. The quantitative estimate of drug-likeness (QED) is 0.880. The molecule has 2 heterocycles. The monoisotopic (exact) mass is 276 g/mol. The second-order valence-corrected chi connectivity index (χ2v) is 4.24. The zero-order valence-electron chi connectivity index (χ0n) is 9.70. The Balaban J connectivity index is 2.17. The number of hydrogen-bond donors (Lipinski definition) is 2. The smallest absolute Gasteiger partial charge is 0.417 e. The van der Waals surface area contributed by atoms with Crippen molar-refractivity contribution in [1.29, 1.82) is 0 Å². The van der Waals surface area contributed by atoms with Gasteiger partial charge in [0.1, 0.15) is 5.82 Å². The van der Waals surface area contributed by atoms with Gasteiger partial charge in [-0.2, -0.15) is 13.2 Å². The molecule has 1 saturated heterocycles. The van der Waals surface area contributed by atoms with Gasteiger partial charge >= 0.3 is 12.1 Å². The third-order valence-electron chi connectivity index (χ3n) is 2.89. The number of nitrogens with one attached hydrogen (secondary N) is 1. The molecule has 1 aromatic heterocycles. The van der Waals surface area contributed by atoms with Crippen LogP contribution in [-0.4, -0.2) is 34.8 Å². The Morgan fingerprint density at radius 2 is 2.21 bits per heavy atom. The Morgan fingerprint density at radius 1 is 1.47 bits per heavy atom. The lowest BCUT2D eigenvalue weighted by Gasteiger charge is -2.24. The number of pyridine rings is 1. The molecule has 1 aromatic rings. The van der Waals surface area contributed by atoms with Crippen LogP contribution < -0.4 is 5.32 Å². The van der Waals surface area contributed by atoms with Gasteiger partial charge in [0.2, 0.25) is 0 Å². The van der Waals surface area contributed by atoms with E-state index in [4.69, 9.17) is 9.84 Å². The molecule has 0 saturated carbocycles. The van der Waals surface area contributed by atoms with Crippen molar-refractivity contribution in [3.05, 3.63) is 23.9 Å². The third-order valence-corrected chi connectivity index (χ3v) is 2.89. The maximum atomic E-state index is 12.4. The van der Waals surface area contributed by atoms with Crippen LogP contribution in [0.25, 0.3) is 0 Å². The number of anilines is 1. The van der Waals surface area contributed by atoms with Gasteiger partial charge in [-0.15, -0.1) is 0 Å². The number of carboxylic acids is 1. The van der Waals surface area contributed by atoms with E-state index in [0.29, 0.717) is 6.20 Å². The van der Waals surface area contributed by atoms with E-state index in [1.807, 2.05) is 0 Å². The summed E-state index contributed by atoms with van der Waals surface area (Å²) in [7, 11) is 0. The van der Waals surface area contributed by atoms with Crippen LogP contribution >= 0.6 is 0 Å². The van der Waals surface area contributed by atoms with Crippen molar-refractivity contribution >= 4 is 11.8 Å². The van der Waals surface area contributed by atoms with E-state index < -0.39 is 23.2 Å². The number of halogens is 3. The Hall–Kier alpha value is -1.83. The maximum Gasteiger partial charge on any atom is 0.417 e. The molecule has 0 spiro atoms. The molecule has 2 N–H and O–H groups in total. The van der Waals surface area contributed by atoms with Gasteiger partial charge in [0.25, 0.3) is 0 Å². The van der Waals surface area contributed by atoms with Gasteiger partial charge in [-0.05, 0) is 12.1 Å². The fourth-order valence-electron chi connectivity index (χ4n) is 1.77. The zero-order valence-corrected chi connectivity index (χ0v) is 9.70. The molecule has 1 aliphatic heterocycles. The Morgan fingerprint density at radius 3 is 2.63 bits per heavy atom. The summed E-state index contributed by atoms with van der Waals surface area (Å²) < 4.78 is 42.1. The van der Waals surface area contributed by atoms with Crippen LogP contribution in [0, 0.1) is 0 Å².